The molecule has 7 heteroatoms. The molecule has 2 rings (SSSR count). The van der Waals surface area contributed by atoms with Gasteiger partial charge in [-0.1, -0.05) is 0 Å². The summed E-state index contributed by atoms with van der Waals surface area (Å²) in [5, 5.41) is 9.18. The zero-order valence-electron chi connectivity index (χ0n) is 12.6. The minimum atomic E-state index is -4.18. The van der Waals surface area contributed by atoms with Crippen LogP contribution in [0, 0.1) is 5.92 Å². The van der Waals surface area contributed by atoms with Crippen molar-refractivity contribution in [3.8, 4) is 5.88 Å². The summed E-state index contributed by atoms with van der Waals surface area (Å²) in [6.45, 7) is 1.60. The number of rotatable bonds is 5. The first-order valence-corrected chi connectivity index (χ1v) is 7.38. The number of methoxy groups -OCH3 is 1. The van der Waals surface area contributed by atoms with Gasteiger partial charge in [0.05, 0.1) is 7.11 Å². The zero-order valence-corrected chi connectivity index (χ0v) is 12.6. The summed E-state index contributed by atoms with van der Waals surface area (Å²) < 4.78 is 42.5. The normalized spacial score (nSPS) is 16.9. The quantitative estimate of drug-likeness (QED) is 0.907. The van der Waals surface area contributed by atoms with Crippen molar-refractivity contribution in [2.24, 2.45) is 5.92 Å². The molecule has 0 unspecified atom stereocenters. The van der Waals surface area contributed by atoms with Crippen molar-refractivity contribution < 1.29 is 23.0 Å². The van der Waals surface area contributed by atoms with Gasteiger partial charge in [0.2, 0.25) is 5.88 Å². The summed E-state index contributed by atoms with van der Waals surface area (Å²) in [5.74, 6) is 0.675. The SMILES string of the molecule is COc1cc(N2CCC(CO)CC2)c(CCC(F)(F)F)cn1. The van der Waals surface area contributed by atoms with Gasteiger partial charge in [-0.05, 0) is 30.7 Å². The van der Waals surface area contributed by atoms with Gasteiger partial charge >= 0.3 is 6.18 Å². The van der Waals surface area contributed by atoms with E-state index in [0.717, 1.165) is 31.6 Å². The molecule has 1 saturated heterocycles. The lowest BCUT2D eigenvalue weighted by Crippen LogP contribution is -2.35. The summed E-state index contributed by atoms with van der Waals surface area (Å²) in [5.41, 5.74) is 1.34. The third kappa shape index (κ3) is 4.50. The van der Waals surface area contributed by atoms with Crippen LogP contribution in [0.2, 0.25) is 0 Å². The number of aryl methyl sites for hydroxylation is 1. The molecule has 0 saturated carbocycles. The first-order valence-electron chi connectivity index (χ1n) is 7.38. The molecule has 1 aliphatic rings. The number of halogens is 3. The van der Waals surface area contributed by atoms with Crippen LogP contribution in [0.5, 0.6) is 5.88 Å². The number of hydrogen-bond acceptors (Lipinski definition) is 4. The van der Waals surface area contributed by atoms with Crippen LogP contribution in [0.3, 0.4) is 0 Å². The molecule has 1 aromatic heterocycles. The number of ether oxygens (including phenoxy) is 1. The molecule has 1 aliphatic heterocycles. The largest absolute Gasteiger partial charge is 0.481 e. The Morgan fingerprint density at radius 3 is 2.59 bits per heavy atom. The molecule has 22 heavy (non-hydrogen) atoms. The maximum Gasteiger partial charge on any atom is 0.389 e. The van der Waals surface area contributed by atoms with Crippen LogP contribution in [-0.2, 0) is 6.42 Å². The van der Waals surface area contributed by atoms with Crippen molar-refractivity contribution in [1.82, 2.24) is 4.98 Å². The van der Waals surface area contributed by atoms with Gasteiger partial charge in [-0.3, -0.25) is 0 Å². The minimum absolute atomic E-state index is 0.0875. The number of aliphatic hydroxyl groups excluding tert-OH is 1. The van der Waals surface area contributed by atoms with Gasteiger partial charge in [0.25, 0.3) is 0 Å². The van der Waals surface area contributed by atoms with Crippen LogP contribution in [-0.4, -0.2) is 43.1 Å². The summed E-state index contributed by atoms with van der Waals surface area (Å²) in [4.78, 5) is 6.09. The number of piperidine rings is 1. The highest BCUT2D eigenvalue weighted by Crippen LogP contribution is 2.31. The van der Waals surface area contributed by atoms with Crippen molar-refractivity contribution in [3.63, 3.8) is 0 Å². The van der Waals surface area contributed by atoms with E-state index in [1.165, 1.54) is 13.3 Å². The Morgan fingerprint density at radius 2 is 2.05 bits per heavy atom. The molecule has 0 bridgehead atoms. The van der Waals surface area contributed by atoms with E-state index in [4.69, 9.17) is 4.74 Å². The van der Waals surface area contributed by atoms with Crippen LogP contribution >= 0.6 is 0 Å². The number of aromatic nitrogens is 1. The minimum Gasteiger partial charge on any atom is -0.481 e. The van der Waals surface area contributed by atoms with E-state index in [1.54, 1.807) is 6.07 Å². The molecule has 0 atom stereocenters. The van der Waals surface area contributed by atoms with E-state index in [9.17, 15) is 18.3 Å². The number of anilines is 1. The van der Waals surface area contributed by atoms with Gasteiger partial charge in [-0.2, -0.15) is 13.2 Å². The predicted molar refractivity (Wildman–Crippen MR) is 77.2 cm³/mol. The second-order valence-electron chi connectivity index (χ2n) is 5.58. The standard InChI is InChI=1S/C15H21F3N2O2/c1-22-14-8-13(20-6-3-11(10-21)4-7-20)12(9-19-14)2-5-15(16,17)18/h8-9,11,21H,2-7,10H2,1H3. The highest BCUT2D eigenvalue weighted by Gasteiger charge is 2.28. The summed E-state index contributed by atoms with van der Waals surface area (Å²) in [6, 6.07) is 1.70. The highest BCUT2D eigenvalue weighted by atomic mass is 19.4. The molecule has 1 N–H and O–H groups in total. The van der Waals surface area contributed by atoms with E-state index in [0.29, 0.717) is 11.4 Å². The van der Waals surface area contributed by atoms with Crippen molar-refractivity contribution in [3.05, 3.63) is 17.8 Å². The summed E-state index contributed by atoms with van der Waals surface area (Å²) in [7, 11) is 1.49. The number of pyridine rings is 1. The lowest BCUT2D eigenvalue weighted by atomic mass is 9.96. The molecular weight excluding hydrogens is 297 g/mol. The summed E-state index contributed by atoms with van der Waals surface area (Å²) in [6.07, 6.45) is -1.99. The number of aliphatic hydroxyl groups is 1. The van der Waals surface area contributed by atoms with Crippen molar-refractivity contribution in [2.75, 3.05) is 31.7 Å². The number of alkyl halides is 3. The van der Waals surface area contributed by atoms with Crippen molar-refractivity contribution in [2.45, 2.75) is 31.9 Å². The first kappa shape index (κ1) is 16.9. The van der Waals surface area contributed by atoms with Gasteiger partial charge in [-0.15, -0.1) is 0 Å². The smallest absolute Gasteiger partial charge is 0.389 e. The molecule has 1 aromatic rings. The highest BCUT2D eigenvalue weighted by molar-refractivity contribution is 5.55. The van der Waals surface area contributed by atoms with E-state index < -0.39 is 12.6 Å². The monoisotopic (exact) mass is 318 g/mol. The second kappa shape index (κ2) is 7.17. The Bertz CT molecular complexity index is 486. The lowest BCUT2D eigenvalue weighted by Gasteiger charge is -2.34. The van der Waals surface area contributed by atoms with Gasteiger partial charge in [0.15, 0.2) is 0 Å². The molecule has 0 spiro atoms. The first-order chi connectivity index (χ1) is 10.4. The average Bonchev–Trinajstić information content (AvgIpc) is 2.52. The fraction of sp³-hybridized carbons (Fsp3) is 0.667. The Hall–Kier alpha value is -1.50. The fourth-order valence-corrected chi connectivity index (χ4v) is 2.69. The molecule has 0 radical (unpaired) electrons. The molecule has 1 fully saturated rings. The van der Waals surface area contributed by atoms with Crippen molar-refractivity contribution in [1.29, 1.82) is 0 Å². The van der Waals surface area contributed by atoms with Crippen LogP contribution in [0.4, 0.5) is 18.9 Å². The molecule has 0 aromatic carbocycles. The molecule has 0 aliphatic carbocycles. The second-order valence-corrected chi connectivity index (χ2v) is 5.58. The Kier molecular flexibility index (Phi) is 5.50. The van der Waals surface area contributed by atoms with E-state index in [1.807, 2.05) is 0 Å². The Balaban J connectivity index is 2.16. The van der Waals surface area contributed by atoms with E-state index >= 15 is 0 Å². The fourth-order valence-electron chi connectivity index (χ4n) is 2.69. The van der Waals surface area contributed by atoms with Crippen molar-refractivity contribution >= 4 is 5.69 Å². The number of hydrogen-bond donors (Lipinski definition) is 1. The molecule has 124 valence electrons. The van der Waals surface area contributed by atoms with Crippen LogP contribution in [0.25, 0.3) is 0 Å². The molecule has 2 heterocycles. The number of nitrogens with zero attached hydrogens (tertiary/aromatic N) is 2. The van der Waals surface area contributed by atoms with Crippen LogP contribution < -0.4 is 9.64 Å². The van der Waals surface area contributed by atoms with E-state index in [-0.39, 0.29) is 18.9 Å². The zero-order chi connectivity index (χ0) is 16.2. The maximum atomic E-state index is 12.5. The van der Waals surface area contributed by atoms with Gasteiger partial charge in [0, 0.05) is 44.1 Å². The Morgan fingerprint density at radius 1 is 1.36 bits per heavy atom. The third-order valence-electron chi connectivity index (χ3n) is 4.04. The predicted octanol–water partition coefficient (Wildman–Crippen LogP) is 2.79. The molecular formula is C15H21F3N2O2. The third-order valence-corrected chi connectivity index (χ3v) is 4.04. The Labute approximate surface area is 127 Å². The molecule has 0 amide bonds. The van der Waals surface area contributed by atoms with Gasteiger partial charge in [-0.25, -0.2) is 4.98 Å². The van der Waals surface area contributed by atoms with Crippen LogP contribution in [0.1, 0.15) is 24.8 Å². The van der Waals surface area contributed by atoms with E-state index in [2.05, 4.69) is 9.88 Å². The topological polar surface area (TPSA) is 45.6 Å². The average molecular weight is 318 g/mol. The van der Waals surface area contributed by atoms with Gasteiger partial charge < -0.3 is 14.7 Å². The maximum absolute atomic E-state index is 12.5. The summed E-state index contributed by atoms with van der Waals surface area (Å²) >= 11 is 0. The van der Waals surface area contributed by atoms with Crippen LogP contribution in [0.15, 0.2) is 12.3 Å². The molecule has 4 nitrogen and oxygen atoms in total. The lowest BCUT2D eigenvalue weighted by molar-refractivity contribution is -0.133. The van der Waals surface area contributed by atoms with Gasteiger partial charge in [0.1, 0.15) is 0 Å².